The van der Waals surface area contributed by atoms with Crippen molar-refractivity contribution >= 4 is 17.9 Å². The van der Waals surface area contributed by atoms with Gasteiger partial charge in [0.05, 0.1) is 18.3 Å². The van der Waals surface area contributed by atoms with E-state index in [1.807, 2.05) is 13.8 Å². The molecule has 1 aliphatic carbocycles. The number of carbonyl (C=O) groups is 3. The van der Waals surface area contributed by atoms with Gasteiger partial charge in [-0.15, -0.1) is 6.42 Å². The van der Waals surface area contributed by atoms with Crippen LogP contribution in [-0.2, 0) is 14.3 Å². The number of carbonyl (C=O) groups excluding carboxylic acids is 3. The molecular formula is C16H19FN2O4. The van der Waals surface area contributed by atoms with Gasteiger partial charge in [0.15, 0.2) is 6.73 Å². The molecule has 0 spiro atoms. The number of hydrogen-bond donors (Lipinski definition) is 0. The number of amides is 3. The predicted octanol–water partition coefficient (Wildman–Crippen LogP) is 1.53. The molecule has 0 aromatic rings. The third-order valence-electron chi connectivity index (χ3n) is 4.32. The molecule has 0 aromatic carbocycles. The van der Waals surface area contributed by atoms with E-state index in [0.29, 0.717) is 0 Å². The fourth-order valence-corrected chi connectivity index (χ4v) is 2.86. The Balaban J connectivity index is 1.93. The predicted molar refractivity (Wildman–Crippen MR) is 79.2 cm³/mol. The van der Waals surface area contributed by atoms with Gasteiger partial charge in [-0.1, -0.05) is 19.8 Å². The number of hydrogen-bond acceptors (Lipinski definition) is 4. The van der Waals surface area contributed by atoms with Crippen molar-refractivity contribution in [1.82, 2.24) is 9.80 Å². The Morgan fingerprint density at radius 1 is 1.52 bits per heavy atom. The number of terminal acetylenes is 1. The normalized spacial score (nSPS) is 26.3. The summed E-state index contributed by atoms with van der Waals surface area (Å²) in [5.41, 5.74) is -0.404. The minimum absolute atomic E-state index is 0.0212. The SMILES string of the molecule is C#CCN1CC(=O)N(COC(=O)C2C(/C=C(\C)F)C2(C)C)C1=O. The number of ether oxygens (including phenoxy) is 1. The molecular weight excluding hydrogens is 303 g/mol. The van der Waals surface area contributed by atoms with Gasteiger partial charge in [-0.25, -0.2) is 14.1 Å². The van der Waals surface area contributed by atoms with E-state index in [0.717, 1.165) is 4.90 Å². The highest BCUT2D eigenvalue weighted by Gasteiger charge is 2.61. The molecule has 124 valence electrons. The molecule has 7 heteroatoms. The van der Waals surface area contributed by atoms with Crippen molar-refractivity contribution in [2.24, 2.45) is 17.3 Å². The van der Waals surface area contributed by atoms with E-state index in [4.69, 9.17) is 11.2 Å². The molecule has 2 fully saturated rings. The molecule has 1 aliphatic heterocycles. The summed E-state index contributed by atoms with van der Waals surface area (Å²) in [6.45, 7) is 4.44. The molecule has 0 N–H and O–H groups in total. The van der Waals surface area contributed by atoms with Crippen molar-refractivity contribution in [3.63, 3.8) is 0 Å². The Morgan fingerprint density at radius 2 is 2.17 bits per heavy atom. The van der Waals surface area contributed by atoms with Crippen molar-refractivity contribution in [3.05, 3.63) is 11.9 Å². The molecule has 6 nitrogen and oxygen atoms in total. The van der Waals surface area contributed by atoms with Crippen molar-refractivity contribution in [3.8, 4) is 12.3 Å². The van der Waals surface area contributed by atoms with Gasteiger partial charge >= 0.3 is 12.0 Å². The molecule has 1 heterocycles. The lowest BCUT2D eigenvalue weighted by Crippen LogP contribution is -2.36. The van der Waals surface area contributed by atoms with E-state index in [-0.39, 0.29) is 24.8 Å². The maximum Gasteiger partial charge on any atom is 0.330 e. The van der Waals surface area contributed by atoms with Crippen LogP contribution in [0.5, 0.6) is 0 Å². The zero-order chi connectivity index (χ0) is 17.4. The van der Waals surface area contributed by atoms with Gasteiger partial charge in [0, 0.05) is 0 Å². The fraction of sp³-hybridized carbons (Fsp3) is 0.562. The van der Waals surface area contributed by atoms with E-state index in [1.165, 1.54) is 17.9 Å². The van der Waals surface area contributed by atoms with Crippen LogP contribution < -0.4 is 0 Å². The Morgan fingerprint density at radius 3 is 2.74 bits per heavy atom. The number of esters is 1. The van der Waals surface area contributed by atoms with Crippen molar-refractivity contribution in [2.45, 2.75) is 20.8 Å². The fourth-order valence-electron chi connectivity index (χ4n) is 2.86. The monoisotopic (exact) mass is 322 g/mol. The average molecular weight is 322 g/mol. The standard InChI is InChI=1S/C16H19FN2O4/c1-5-6-18-8-12(20)19(15(18)22)9-23-14(21)13-11(7-10(2)17)16(13,3)4/h1,7,11,13H,6,8-9H2,2-4H3/b10-7+. The molecule has 2 rings (SSSR count). The van der Waals surface area contributed by atoms with Gasteiger partial charge in [-0.05, 0) is 24.3 Å². The van der Waals surface area contributed by atoms with Crippen LogP contribution in [0.3, 0.4) is 0 Å². The minimum Gasteiger partial charge on any atom is -0.443 e. The summed E-state index contributed by atoms with van der Waals surface area (Å²) in [7, 11) is 0. The topological polar surface area (TPSA) is 66.9 Å². The van der Waals surface area contributed by atoms with Gasteiger partial charge in [0.1, 0.15) is 6.54 Å². The first-order chi connectivity index (χ1) is 10.7. The van der Waals surface area contributed by atoms with E-state index in [9.17, 15) is 18.8 Å². The molecule has 23 heavy (non-hydrogen) atoms. The number of nitrogens with zero attached hydrogens (tertiary/aromatic N) is 2. The van der Waals surface area contributed by atoms with Crippen LogP contribution in [0.4, 0.5) is 9.18 Å². The van der Waals surface area contributed by atoms with Gasteiger partial charge in [-0.3, -0.25) is 9.59 Å². The first kappa shape index (κ1) is 17.0. The highest BCUT2D eigenvalue weighted by atomic mass is 19.1. The quantitative estimate of drug-likeness (QED) is 0.437. The van der Waals surface area contributed by atoms with Gasteiger partial charge in [0.2, 0.25) is 0 Å². The molecule has 0 bridgehead atoms. The molecule has 2 unspecified atom stereocenters. The van der Waals surface area contributed by atoms with Crippen LogP contribution in [0.15, 0.2) is 11.9 Å². The first-order valence-corrected chi connectivity index (χ1v) is 7.23. The second-order valence-electron chi connectivity index (χ2n) is 6.34. The summed E-state index contributed by atoms with van der Waals surface area (Å²) < 4.78 is 18.1. The summed E-state index contributed by atoms with van der Waals surface area (Å²) in [6, 6.07) is -0.577. The van der Waals surface area contributed by atoms with E-state index in [2.05, 4.69) is 5.92 Å². The van der Waals surface area contributed by atoms with Crippen LogP contribution in [0.25, 0.3) is 0 Å². The van der Waals surface area contributed by atoms with Crippen molar-refractivity contribution in [1.29, 1.82) is 0 Å². The van der Waals surface area contributed by atoms with Gasteiger partial charge < -0.3 is 9.64 Å². The Hall–Kier alpha value is -2.36. The van der Waals surface area contributed by atoms with E-state index < -0.39 is 36.0 Å². The molecule has 0 aromatic heterocycles. The lowest BCUT2D eigenvalue weighted by molar-refractivity contribution is -0.151. The molecule has 1 saturated heterocycles. The highest BCUT2D eigenvalue weighted by Crippen LogP contribution is 2.59. The largest absolute Gasteiger partial charge is 0.443 e. The van der Waals surface area contributed by atoms with E-state index in [1.54, 1.807) is 0 Å². The lowest BCUT2D eigenvalue weighted by atomic mass is 10.1. The van der Waals surface area contributed by atoms with Crippen molar-refractivity contribution < 1.29 is 23.5 Å². The summed E-state index contributed by atoms with van der Waals surface area (Å²) in [5.74, 6) is 0.185. The second-order valence-corrected chi connectivity index (χ2v) is 6.34. The van der Waals surface area contributed by atoms with Crippen LogP contribution in [0, 0.1) is 29.6 Å². The molecule has 0 radical (unpaired) electrons. The summed E-state index contributed by atoms with van der Waals surface area (Å²) in [4.78, 5) is 37.8. The zero-order valence-corrected chi connectivity index (χ0v) is 13.3. The second kappa shape index (κ2) is 6.03. The third-order valence-corrected chi connectivity index (χ3v) is 4.32. The smallest absolute Gasteiger partial charge is 0.330 e. The number of halogens is 1. The Labute approximate surface area is 134 Å². The first-order valence-electron chi connectivity index (χ1n) is 7.23. The summed E-state index contributed by atoms with van der Waals surface area (Å²) in [5, 5.41) is 0. The van der Waals surface area contributed by atoms with Gasteiger partial charge in [0.25, 0.3) is 5.91 Å². The maximum atomic E-state index is 13.0. The van der Waals surface area contributed by atoms with Crippen molar-refractivity contribution in [2.75, 3.05) is 19.8 Å². The molecule has 2 aliphatic rings. The Kier molecular flexibility index (Phi) is 4.46. The molecule has 2 atom stereocenters. The Bertz CT molecular complexity index is 616. The maximum absolute atomic E-state index is 13.0. The lowest BCUT2D eigenvalue weighted by Gasteiger charge is -2.15. The van der Waals surface area contributed by atoms with Crippen LogP contribution in [0.2, 0.25) is 0 Å². The van der Waals surface area contributed by atoms with Gasteiger partial charge in [-0.2, -0.15) is 0 Å². The highest BCUT2D eigenvalue weighted by molar-refractivity contribution is 6.02. The number of imide groups is 1. The van der Waals surface area contributed by atoms with Crippen LogP contribution in [-0.4, -0.2) is 47.5 Å². The summed E-state index contributed by atoms with van der Waals surface area (Å²) >= 11 is 0. The van der Waals surface area contributed by atoms with E-state index >= 15 is 0 Å². The number of urea groups is 1. The number of rotatable bonds is 5. The minimum atomic E-state index is -0.577. The molecule has 1 saturated carbocycles. The average Bonchev–Trinajstić information content (AvgIpc) is 2.85. The summed E-state index contributed by atoms with van der Waals surface area (Å²) in [6.07, 6.45) is 6.52. The van der Waals surface area contributed by atoms with Crippen LogP contribution in [0.1, 0.15) is 20.8 Å². The zero-order valence-electron chi connectivity index (χ0n) is 13.3. The van der Waals surface area contributed by atoms with Crippen LogP contribution >= 0.6 is 0 Å². The number of allylic oxidation sites excluding steroid dienone is 2. The third kappa shape index (κ3) is 3.21. The molecule has 3 amide bonds.